The molecule has 9 nitrogen and oxygen atoms in total. The lowest BCUT2D eigenvalue weighted by Crippen LogP contribution is -2.57. The lowest BCUT2D eigenvalue weighted by Gasteiger charge is -2.56. The van der Waals surface area contributed by atoms with Gasteiger partial charge in [-0.15, -0.1) is 0 Å². The molecular weight excluding hydrogens is 482 g/mol. The van der Waals surface area contributed by atoms with E-state index in [1.165, 1.54) is 49.8 Å². The highest BCUT2D eigenvalue weighted by Crippen LogP contribution is 2.60. The van der Waals surface area contributed by atoms with Gasteiger partial charge in [0.1, 0.15) is 11.8 Å². The monoisotopic (exact) mass is 511 g/mol. The summed E-state index contributed by atoms with van der Waals surface area (Å²) in [6.07, 6.45) is 7.51. The molecule has 1 saturated heterocycles. The molecule has 2 N–H and O–H groups in total. The summed E-state index contributed by atoms with van der Waals surface area (Å²) in [5.41, 5.74) is -0.227. The second kappa shape index (κ2) is 8.27. The Morgan fingerprint density at radius 2 is 1.64 bits per heavy atom. The number of primary sulfonamides is 1. The Labute approximate surface area is 209 Å². The molecule has 7 rings (SSSR count). The van der Waals surface area contributed by atoms with Gasteiger partial charge in [-0.2, -0.15) is 0 Å². The number of anilines is 1. The number of sulfonamides is 1. The molecule has 4 bridgehead atoms. The van der Waals surface area contributed by atoms with Crippen LogP contribution in [0.15, 0.2) is 52.0 Å². The highest BCUT2D eigenvalue weighted by molar-refractivity contribution is 7.89. The molecule has 0 spiro atoms. The molecule has 3 amide bonds. The number of imide groups is 1. The van der Waals surface area contributed by atoms with Crippen LogP contribution < -0.4 is 10.0 Å². The summed E-state index contributed by atoms with van der Waals surface area (Å²) < 4.78 is 28.7. The van der Waals surface area contributed by atoms with Crippen LogP contribution in [-0.4, -0.2) is 37.1 Å². The SMILES string of the molecule is NS(=O)(=O)c1ccc(N2C(=O)CC(N(Cc3ccco3)C(=O)C34CC5CC(CC(C5)C3)C4)C2=O)cc1. The molecule has 5 aliphatic rings. The number of furan rings is 1. The second-order valence-electron chi connectivity index (χ2n) is 11.0. The van der Waals surface area contributed by atoms with Crippen LogP contribution in [0.5, 0.6) is 0 Å². The molecular formula is C26H29N3O6S. The lowest BCUT2D eigenvalue weighted by atomic mass is 9.49. The number of carbonyl (C=O) groups is 3. The normalized spacial score (nSPS) is 31.3. The van der Waals surface area contributed by atoms with Gasteiger partial charge in [-0.1, -0.05) is 0 Å². The zero-order valence-corrected chi connectivity index (χ0v) is 20.7. The summed E-state index contributed by atoms with van der Waals surface area (Å²) >= 11 is 0. The van der Waals surface area contributed by atoms with Gasteiger partial charge in [-0.05, 0) is 92.7 Å². The van der Waals surface area contributed by atoms with E-state index in [0.717, 1.165) is 24.2 Å². The predicted molar refractivity (Wildman–Crippen MR) is 129 cm³/mol. The molecule has 1 aromatic carbocycles. The first-order valence-electron chi connectivity index (χ1n) is 12.5. The Hall–Kier alpha value is -2.98. The smallest absolute Gasteiger partial charge is 0.257 e. The largest absolute Gasteiger partial charge is 0.467 e. The number of carbonyl (C=O) groups excluding carboxylic acids is 3. The third-order valence-electron chi connectivity index (χ3n) is 8.58. The number of benzene rings is 1. The third kappa shape index (κ3) is 3.87. The number of nitrogens with zero attached hydrogens (tertiary/aromatic N) is 2. The van der Waals surface area contributed by atoms with E-state index in [9.17, 15) is 22.8 Å². The van der Waals surface area contributed by atoms with Crippen LogP contribution in [0, 0.1) is 23.2 Å². The van der Waals surface area contributed by atoms with Gasteiger partial charge >= 0.3 is 0 Å². The summed E-state index contributed by atoms with van der Waals surface area (Å²) in [6, 6.07) is 7.86. The first kappa shape index (κ1) is 23.4. The average Bonchev–Trinajstić information content (AvgIpc) is 3.43. The van der Waals surface area contributed by atoms with Crippen molar-refractivity contribution >= 4 is 33.4 Å². The molecule has 1 unspecified atom stereocenters. The average molecular weight is 512 g/mol. The predicted octanol–water partition coefficient (Wildman–Crippen LogP) is 2.80. The maximum Gasteiger partial charge on any atom is 0.257 e. The molecule has 1 aromatic heterocycles. The van der Waals surface area contributed by atoms with E-state index in [4.69, 9.17) is 9.56 Å². The minimum Gasteiger partial charge on any atom is -0.467 e. The van der Waals surface area contributed by atoms with Crippen molar-refractivity contribution < 1.29 is 27.2 Å². The van der Waals surface area contributed by atoms with Crippen LogP contribution in [0.3, 0.4) is 0 Å². The number of hydrogen-bond acceptors (Lipinski definition) is 6. The number of amides is 3. The standard InChI is InChI=1S/C26H29N3O6S/c27-36(33,34)21-5-3-19(4-6-21)29-23(30)11-22(24(29)31)28(15-20-2-1-7-35-20)25(32)26-12-16-8-17(13-26)10-18(9-16)14-26/h1-7,16-18,22H,8-15H2,(H2,27,33,34). The van der Waals surface area contributed by atoms with Gasteiger partial charge < -0.3 is 9.32 Å². The van der Waals surface area contributed by atoms with Crippen molar-refractivity contribution in [3.8, 4) is 0 Å². The van der Waals surface area contributed by atoms with Gasteiger partial charge in [-0.25, -0.2) is 18.5 Å². The fourth-order valence-corrected chi connectivity index (χ4v) is 8.00. The van der Waals surface area contributed by atoms with Gasteiger partial charge in [0, 0.05) is 0 Å². The molecule has 4 saturated carbocycles. The lowest BCUT2D eigenvalue weighted by molar-refractivity contribution is -0.162. The Morgan fingerprint density at radius 3 is 2.17 bits per heavy atom. The summed E-state index contributed by atoms with van der Waals surface area (Å²) in [7, 11) is -3.91. The Morgan fingerprint density at radius 1 is 1.03 bits per heavy atom. The fraction of sp³-hybridized carbons (Fsp3) is 0.500. The van der Waals surface area contributed by atoms with E-state index in [1.807, 2.05) is 0 Å². The first-order valence-corrected chi connectivity index (χ1v) is 14.0. The summed E-state index contributed by atoms with van der Waals surface area (Å²) in [5.74, 6) is 1.25. The number of hydrogen-bond donors (Lipinski definition) is 1. The van der Waals surface area contributed by atoms with Crippen LogP contribution in [0.1, 0.15) is 50.7 Å². The molecule has 4 aliphatic carbocycles. The highest BCUT2D eigenvalue weighted by atomic mass is 32.2. The maximum absolute atomic E-state index is 14.3. The van der Waals surface area contributed by atoms with Gasteiger partial charge in [0.15, 0.2) is 0 Å². The fourth-order valence-electron chi connectivity index (χ4n) is 7.49. The van der Waals surface area contributed by atoms with Crippen molar-refractivity contribution in [2.75, 3.05) is 4.90 Å². The van der Waals surface area contributed by atoms with Gasteiger partial charge in [0.25, 0.3) is 5.91 Å². The van der Waals surface area contributed by atoms with Gasteiger partial charge in [-0.3, -0.25) is 14.4 Å². The van der Waals surface area contributed by atoms with Crippen LogP contribution >= 0.6 is 0 Å². The molecule has 2 heterocycles. The topological polar surface area (TPSA) is 131 Å². The second-order valence-corrected chi connectivity index (χ2v) is 12.6. The van der Waals surface area contributed by atoms with E-state index in [1.54, 1.807) is 17.0 Å². The maximum atomic E-state index is 14.3. The molecule has 0 radical (unpaired) electrons. The summed E-state index contributed by atoms with van der Waals surface area (Å²) in [6.45, 7) is 0.121. The van der Waals surface area contributed by atoms with Crippen molar-refractivity contribution in [3.63, 3.8) is 0 Å². The molecule has 10 heteroatoms. The van der Waals surface area contributed by atoms with Gasteiger partial charge in [0.2, 0.25) is 21.8 Å². The zero-order chi connectivity index (χ0) is 25.2. The Balaban J connectivity index is 1.31. The van der Waals surface area contributed by atoms with Gasteiger partial charge in [0.05, 0.1) is 35.2 Å². The summed E-state index contributed by atoms with van der Waals surface area (Å²) in [4.78, 5) is 43.5. The highest BCUT2D eigenvalue weighted by Gasteiger charge is 2.57. The zero-order valence-electron chi connectivity index (χ0n) is 19.8. The van der Waals surface area contributed by atoms with Crippen LogP contribution in [0.25, 0.3) is 0 Å². The molecule has 190 valence electrons. The molecule has 1 atom stereocenters. The van der Waals surface area contributed by atoms with Crippen LogP contribution in [0.4, 0.5) is 5.69 Å². The minimum atomic E-state index is -3.91. The van der Waals surface area contributed by atoms with Crippen molar-refractivity contribution in [3.05, 3.63) is 48.4 Å². The quantitative estimate of drug-likeness (QED) is 0.594. The van der Waals surface area contributed by atoms with Crippen LogP contribution in [0.2, 0.25) is 0 Å². The van der Waals surface area contributed by atoms with Crippen molar-refractivity contribution in [2.24, 2.45) is 28.3 Å². The van der Waals surface area contributed by atoms with Crippen molar-refractivity contribution in [1.82, 2.24) is 4.90 Å². The third-order valence-corrected chi connectivity index (χ3v) is 9.51. The van der Waals surface area contributed by atoms with Crippen molar-refractivity contribution in [1.29, 1.82) is 0 Å². The number of rotatable bonds is 6. The molecule has 5 fully saturated rings. The van der Waals surface area contributed by atoms with E-state index in [-0.39, 0.29) is 29.5 Å². The summed E-state index contributed by atoms with van der Waals surface area (Å²) in [5, 5.41) is 5.17. The first-order chi connectivity index (χ1) is 17.1. The van der Waals surface area contributed by atoms with E-state index in [0.29, 0.717) is 23.5 Å². The molecule has 36 heavy (non-hydrogen) atoms. The molecule has 1 aliphatic heterocycles. The Kier molecular flexibility index (Phi) is 5.38. The van der Waals surface area contributed by atoms with E-state index < -0.39 is 33.3 Å². The number of nitrogens with two attached hydrogens (primary N) is 1. The van der Waals surface area contributed by atoms with E-state index in [2.05, 4.69) is 0 Å². The van der Waals surface area contributed by atoms with Crippen molar-refractivity contribution in [2.45, 2.75) is 62.4 Å². The Bertz CT molecular complexity index is 1280. The molecule has 2 aromatic rings. The van der Waals surface area contributed by atoms with E-state index >= 15 is 0 Å². The minimum absolute atomic E-state index is 0.0458. The van der Waals surface area contributed by atoms with Crippen LogP contribution in [-0.2, 0) is 31.0 Å².